The van der Waals surface area contributed by atoms with Gasteiger partial charge in [0.2, 0.25) is 0 Å². The fourth-order valence-corrected chi connectivity index (χ4v) is 2.75. The molecule has 3 rings (SSSR count). The quantitative estimate of drug-likeness (QED) is 0.914. The molecule has 0 saturated heterocycles. The number of aromatic nitrogens is 1. The van der Waals surface area contributed by atoms with Crippen molar-refractivity contribution < 1.29 is 22.5 Å². The first-order valence-electron chi connectivity index (χ1n) is 7.54. The standard InChI is InChI=1S/C16H15F3N2O3/c17-16(18,19)11-7-5-10(6-8-11)9-20-15(23)21-13-4-2-1-3-12(13)14(22)24-21/h5-8H,1-4,9H2,(H,20,23). The average molecular weight is 340 g/mol. The lowest BCUT2D eigenvalue weighted by molar-refractivity contribution is -0.137. The van der Waals surface area contributed by atoms with Crippen LogP contribution in [0.25, 0.3) is 0 Å². The zero-order valence-electron chi connectivity index (χ0n) is 12.7. The number of hydrogen-bond acceptors (Lipinski definition) is 3. The zero-order chi connectivity index (χ0) is 17.3. The van der Waals surface area contributed by atoms with E-state index < -0.39 is 23.4 Å². The van der Waals surface area contributed by atoms with E-state index in [0.29, 0.717) is 29.7 Å². The molecular formula is C16H15F3N2O3. The summed E-state index contributed by atoms with van der Waals surface area (Å²) >= 11 is 0. The molecule has 8 heteroatoms. The number of alkyl halides is 3. The van der Waals surface area contributed by atoms with Gasteiger partial charge in [0, 0.05) is 6.54 Å². The number of hydrogen-bond donors (Lipinski definition) is 1. The third kappa shape index (κ3) is 3.22. The molecule has 128 valence electrons. The van der Waals surface area contributed by atoms with E-state index in [4.69, 9.17) is 4.52 Å². The molecule has 0 aliphatic heterocycles. The summed E-state index contributed by atoms with van der Waals surface area (Å²) in [6.45, 7) is 0.0354. The van der Waals surface area contributed by atoms with Gasteiger partial charge in [-0.25, -0.2) is 9.59 Å². The van der Waals surface area contributed by atoms with Crippen LogP contribution < -0.4 is 10.9 Å². The van der Waals surface area contributed by atoms with Gasteiger partial charge in [0.05, 0.1) is 16.8 Å². The van der Waals surface area contributed by atoms with Gasteiger partial charge in [-0.1, -0.05) is 12.1 Å². The lowest BCUT2D eigenvalue weighted by Gasteiger charge is -2.12. The fourth-order valence-electron chi connectivity index (χ4n) is 2.75. The van der Waals surface area contributed by atoms with Crippen molar-refractivity contribution in [2.24, 2.45) is 0 Å². The number of carbonyl (C=O) groups excluding carboxylic acids is 1. The van der Waals surface area contributed by atoms with Crippen molar-refractivity contribution in [2.45, 2.75) is 38.4 Å². The largest absolute Gasteiger partial charge is 0.416 e. The molecule has 24 heavy (non-hydrogen) atoms. The van der Waals surface area contributed by atoms with Crippen LogP contribution in [0.2, 0.25) is 0 Å². The van der Waals surface area contributed by atoms with Crippen LogP contribution in [-0.2, 0) is 25.6 Å². The number of nitrogens with zero attached hydrogens (tertiary/aromatic N) is 1. The minimum atomic E-state index is -4.39. The van der Waals surface area contributed by atoms with E-state index >= 15 is 0 Å². The Hall–Kier alpha value is -2.51. The first-order valence-corrected chi connectivity index (χ1v) is 7.54. The highest BCUT2D eigenvalue weighted by Gasteiger charge is 2.30. The Balaban J connectivity index is 1.69. The summed E-state index contributed by atoms with van der Waals surface area (Å²) in [6, 6.07) is 3.91. The van der Waals surface area contributed by atoms with E-state index in [1.807, 2.05) is 0 Å². The Morgan fingerprint density at radius 3 is 2.50 bits per heavy atom. The van der Waals surface area contributed by atoms with Crippen molar-refractivity contribution in [3.63, 3.8) is 0 Å². The van der Waals surface area contributed by atoms with Gasteiger partial charge in [-0.2, -0.15) is 13.2 Å². The Labute approximate surface area is 135 Å². The zero-order valence-corrected chi connectivity index (χ0v) is 12.7. The molecule has 1 aliphatic carbocycles. The number of amides is 1. The monoisotopic (exact) mass is 340 g/mol. The van der Waals surface area contributed by atoms with Gasteiger partial charge < -0.3 is 9.84 Å². The predicted molar refractivity (Wildman–Crippen MR) is 78.7 cm³/mol. The lowest BCUT2D eigenvalue weighted by Crippen LogP contribution is -2.29. The molecule has 2 aromatic rings. The Bertz CT molecular complexity index is 803. The molecule has 5 nitrogen and oxygen atoms in total. The molecule has 0 unspecified atom stereocenters. The average Bonchev–Trinajstić information content (AvgIpc) is 2.90. The van der Waals surface area contributed by atoms with E-state index in [1.165, 1.54) is 12.1 Å². The van der Waals surface area contributed by atoms with Crippen LogP contribution in [0.4, 0.5) is 18.0 Å². The van der Waals surface area contributed by atoms with Crippen molar-refractivity contribution in [1.29, 1.82) is 0 Å². The van der Waals surface area contributed by atoms with Crippen LogP contribution in [0.1, 0.15) is 35.2 Å². The summed E-state index contributed by atoms with van der Waals surface area (Å²) in [6.07, 6.45) is -1.45. The van der Waals surface area contributed by atoms with Crippen LogP contribution in [0.3, 0.4) is 0 Å². The summed E-state index contributed by atoms with van der Waals surface area (Å²) < 4.78 is 43.4. The molecule has 0 saturated carbocycles. The van der Waals surface area contributed by atoms with Crippen molar-refractivity contribution >= 4 is 6.03 Å². The minimum absolute atomic E-state index is 0.0354. The molecule has 0 fully saturated rings. The van der Waals surface area contributed by atoms with E-state index in [-0.39, 0.29) is 6.54 Å². The fraction of sp³-hybridized carbons (Fsp3) is 0.375. The molecule has 0 atom stereocenters. The van der Waals surface area contributed by atoms with Crippen molar-refractivity contribution in [3.8, 4) is 0 Å². The Morgan fingerprint density at radius 2 is 1.83 bits per heavy atom. The smallest absolute Gasteiger partial charge is 0.331 e. The molecule has 0 spiro atoms. The Kier molecular flexibility index (Phi) is 4.21. The van der Waals surface area contributed by atoms with Gasteiger partial charge >= 0.3 is 17.8 Å². The summed E-state index contributed by atoms with van der Waals surface area (Å²) in [5.74, 6) is 0. The van der Waals surface area contributed by atoms with Gasteiger partial charge in [-0.3, -0.25) is 0 Å². The second-order valence-corrected chi connectivity index (χ2v) is 5.66. The first-order chi connectivity index (χ1) is 11.4. The van der Waals surface area contributed by atoms with Crippen LogP contribution in [0.15, 0.2) is 33.6 Å². The second-order valence-electron chi connectivity index (χ2n) is 5.66. The molecule has 1 heterocycles. The third-order valence-corrected chi connectivity index (χ3v) is 4.01. The second kappa shape index (κ2) is 6.18. The maximum absolute atomic E-state index is 12.5. The highest BCUT2D eigenvalue weighted by atomic mass is 19.4. The third-order valence-electron chi connectivity index (χ3n) is 4.01. The van der Waals surface area contributed by atoms with Crippen molar-refractivity contribution in [3.05, 3.63) is 57.1 Å². The van der Waals surface area contributed by atoms with Crippen LogP contribution >= 0.6 is 0 Å². The van der Waals surface area contributed by atoms with Crippen LogP contribution in [-0.4, -0.2) is 10.8 Å². The van der Waals surface area contributed by atoms with Gasteiger partial charge in [-0.05, 0) is 43.4 Å². The molecule has 1 amide bonds. The van der Waals surface area contributed by atoms with E-state index in [2.05, 4.69) is 5.32 Å². The van der Waals surface area contributed by atoms with Crippen molar-refractivity contribution in [1.82, 2.24) is 10.1 Å². The van der Waals surface area contributed by atoms with Crippen LogP contribution in [0, 0.1) is 0 Å². The predicted octanol–water partition coefficient (Wildman–Crippen LogP) is 3.10. The normalized spacial score (nSPS) is 14.3. The lowest BCUT2D eigenvalue weighted by atomic mass is 9.98. The van der Waals surface area contributed by atoms with Gasteiger partial charge in [-0.15, -0.1) is 4.74 Å². The van der Waals surface area contributed by atoms with E-state index in [0.717, 1.165) is 29.7 Å². The highest BCUT2D eigenvalue weighted by molar-refractivity contribution is 5.76. The SMILES string of the molecule is O=C(NCc1ccc(C(F)(F)F)cc1)n1oc(=O)c2c1CCCC2. The summed E-state index contributed by atoms with van der Waals surface area (Å²) in [4.78, 5) is 23.9. The highest BCUT2D eigenvalue weighted by Crippen LogP contribution is 2.29. The van der Waals surface area contributed by atoms with Gasteiger partial charge in [0.15, 0.2) is 0 Å². The molecule has 1 aliphatic rings. The maximum atomic E-state index is 12.5. The minimum Gasteiger partial charge on any atom is -0.331 e. The number of rotatable bonds is 2. The number of halogens is 3. The first kappa shape index (κ1) is 16.4. The number of fused-ring (bicyclic) bond motifs is 1. The van der Waals surface area contributed by atoms with Gasteiger partial charge in [0.25, 0.3) is 0 Å². The topological polar surface area (TPSA) is 64.2 Å². The molecular weight excluding hydrogens is 325 g/mol. The van der Waals surface area contributed by atoms with E-state index in [1.54, 1.807) is 0 Å². The summed E-state index contributed by atoms with van der Waals surface area (Å²) in [5, 5.41) is 2.55. The summed E-state index contributed by atoms with van der Waals surface area (Å²) in [7, 11) is 0. The van der Waals surface area contributed by atoms with Gasteiger partial charge in [0.1, 0.15) is 0 Å². The Morgan fingerprint density at radius 1 is 1.17 bits per heavy atom. The maximum Gasteiger partial charge on any atom is 0.416 e. The molecule has 0 bridgehead atoms. The number of benzene rings is 1. The number of carbonyl (C=O) groups is 1. The van der Waals surface area contributed by atoms with Crippen molar-refractivity contribution in [2.75, 3.05) is 0 Å². The molecule has 1 aromatic carbocycles. The molecule has 1 aromatic heterocycles. The number of nitrogens with one attached hydrogen (secondary N) is 1. The molecule has 0 radical (unpaired) electrons. The molecule has 1 N–H and O–H groups in total. The van der Waals surface area contributed by atoms with Crippen LogP contribution in [0.5, 0.6) is 0 Å². The van der Waals surface area contributed by atoms with E-state index in [9.17, 15) is 22.8 Å². The summed E-state index contributed by atoms with van der Waals surface area (Å²) in [5.41, 5.74) is 0.374.